The lowest BCUT2D eigenvalue weighted by Gasteiger charge is -2.20. The Morgan fingerprint density at radius 2 is 1.67 bits per heavy atom. The molecule has 0 bridgehead atoms. The van der Waals surface area contributed by atoms with Crippen LogP contribution in [0.25, 0.3) is 0 Å². The summed E-state index contributed by atoms with van der Waals surface area (Å²) in [6.45, 7) is 10.1. The van der Waals surface area contributed by atoms with Crippen molar-refractivity contribution in [2.75, 3.05) is 0 Å². The standard InChI is InChI=1S/C23H30O4/c1-15(2)27-20(22(25)26)14-16-7-6-8-18(13-16)21(24)17-9-11-19(12-10-17)23(3,4)5/h6-13,15,20-21,24H,14H2,1-5H3,(H,25,26). The van der Waals surface area contributed by atoms with E-state index in [0.717, 1.165) is 16.7 Å². The molecule has 0 spiro atoms. The van der Waals surface area contributed by atoms with Gasteiger partial charge in [0.1, 0.15) is 6.10 Å². The van der Waals surface area contributed by atoms with Gasteiger partial charge in [0, 0.05) is 6.42 Å². The van der Waals surface area contributed by atoms with Crippen LogP contribution in [0.15, 0.2) is 48.5 Å². The van der Waals surface area contributed by atoms with Crippen LogP contribution in [-0.2, 0) is 21.4 Å². The van der Waals surface area contributed by atoms with Gasteiger partial charge in [-0.05, 0) is 41.5 Å². The summed E-state index contributed by atoms with van der Waals surface area (Å²) < 4.78 is 5.48. The van der Waals surface area contributed by atoms with Gasteiger partial charge in [-0.25, -0.2) is 4.79 Å². The van der Waals surface area contributed by atoms with Crippen molar-refractivity contribution in [3.63, 3.8) is 0 Å². The Kier molecular flexibility index (Phi) is 6.79. The van der Waals surface area contributed by atoms with Crippen molar-refractivity contribution in [3.05, 3.63) is 70.8 Å². The molecular weight excluding hydrogens is 340 g/mol. The summed E-state index contributed by atoms with van der Waals surface area (Å²) in [4.78, 5) is 11.4. The molecular formula is C23H30O4. The van der Waals surface area contributed by atoms with E-state index < -0.39 is 18.2 Å². The maximum absolute atomic E-state index is 11.4. The number of aliphatic carboxylic acids is 1. The molecule has 2 unspecified atom stereocenters. The lowest BCUT2D eigenvalue weighted by molar-refractivity contribution is -0.153. The first-order valence-corrected chi connectivity index (χ1v) is 9.33. The summed E-state index contributed by atoms with van der Waals surface area (Å²) in [7, 11) is 0. The Balaban J connectivity index is 2.19. The van der Waals surface area contributed by atoms with Gasteiger partial charge in [0.05, 0.1) is 6.10 Å². The van der Waals surface area contributed by atoms with Gasteiger partial charge in [-0.2, -0.15) is 0 Å². The molecule has 2 atom stereocenters. The molecule has 0 saturated heterocycles. The van der Waals surface area contributed by atoms with E-state index in [4.69, 9.17) is 4.74 Å². The number of carbonyl (C=O) groups is 1. The molecule has 4 nitrogen and oxygen atoms in total. The van der Waals surface area contributed by atoms with E-state index in [1.165, 1.54) is 5.56 Å². The zero-order valence-electron chi connectivity index (χ0n) is 16.8. The van der Waals surface area contributed by atoms with Crippen LogP contribution in [0.5, 0.6) is 0 Å². The predicted molar refractivity (Wildman–Crippen MR) is 107 cm³/mol. The van der Waals surface area contributed by atoms with Crippen LogP contribution in [0, 0.1) is 0 Å². The maximum atomic E-state index is 11.4. The Bertz CT molecular complexity index is 757. The van der Waals surface area contributed by atoms with Crippen LogP contribution in [0.4, 0.5) is 0 Å². The van der Waals surface area contributed by atoms with Crippen molar-refractivity contribution in [2.24, 2.45) is 0 Å². The van der Waals surface area contributed by atoms with Crippen LogP contribution in [0.2, 0.25) is 0 Å². The van der Waals surface area contributed by atoms with Crippen molar-refractivity contribution in [1.82, 2.24) is 0 Å². The SMILES string of the molecule is CC(C)OC(Cc1cccc(C(O)c2ccc(C(C)(C)C)cc2)c1)C(=O)O. The fourth-order valence-electron chi connectivity index (χ4n) is 2.98. The first-order chi connectivity index (χ1) is 12.6. The second-order valence-corrected chi connectivity index (χ2v) is 8.24. The summed E-state index contributed by atoms with van der Waals surface area (Å²) in [6, 6.07) is 15.4. The molecule has 4 heteroatoms. The predicted octanol–water partition coefficient (Wildman–Crippen LogP) is 4.49. The number of hydrogen-bond acceptors (Lipinski definition) is 3. The highest BCUT2D eigenvalue weighted by Gasteiger charge is 2.21. The normalized spacial score (nSPS) is 14.2. The number of carboxylic acid groups (broad SMARTS) is 1. The van der Waals surface area contributed by atoms with Crippen LogP contribution >= 0.6 is 0 Å². The molecule has 0 aromatic heterocycles. The minimum Gasteiger partial charge on any atom is -0.479 e. The van der Waals surface area contributed by atoms with Gasteiger partial charge in [0.2, 0.25) is 0 Å². The third-order valence-electron chi connectivity index (χ3n) is 4.49. The Morgan fingerprint density at radius 3 is 2.19 bits per heavy atom. The van der Waals surface area contributed by atoms with Gasteiger partial charge in [0.25, 0.3) is 0 Å². The number of hydrogen-bond donors (Lipinski definition) is 2. The fourth-order valence-corrected chi connectivity index (χ4v) is 2.98. The van der Waals surface area contributed by atoms with Crippen LogP contribution in [0.1, 0.15) is 63.0 Å². The first-order valence-electron chi connectivity index (χ1n) is 9.33. The van der Waals surface area contributed by atoms with Gasteiger partial charge in [-0.15, -0.1) is 0 Å². The molecule has 0 aliphatic carbocycles. The molecule has 146 valence electrons. The molecule has 0 aliphatic rings. The molecule has 0 amide bonds. The van der Waals surface area contributed by atoms with Gasteiger partial charge in [0.15, 0.2) is 6.10 Å². The fraction of sp³-hybridized carbons (Fsp3) is 0.435. The lowest BCUT2D eigenvalue weighted by Crippen LogP contribution is -2.29. The van der Waals surface area contributed by atoms with Crippen LogP contribution in [-0.4, -0.2) is 28.4 Å². The van der Waals surface area contributed by atoms with E-state index in [0.29, 0.717) is 0 Å². The highest BCUT2D eigenvalue weighted by molar-refractivity contribution is 5.72. The van der Waals surface area contributed by atoms with Gasteiger partial charge in [-0.1, -0.05) is 69.3 Å². The Hall–Kier alpha value is -2.17. The highest BCUT2D eigenvalue weighted by Crippen LogP contribution is 2.27. The average Bonchev–Trinajstić information content (AvgIpc) is 2.59. The number of aliphatic hydroxyl groups excluding tert-OH is 1. The zero-order valence-corrected chi connectivity index (χ0v) is 16.8. The highest BCUT2D eigenvalue weighted by atomic mass is 16.5. The van der Waals surface area contributed by atoms with Crippen molar-refractivity contribution in [3.8, 4) is 0 Å². The van der Waals surface area contributed by atoms with Crippen molar-refractivity contribution >= 4 is 5.97 Å². The monoisotopic (exact) mass is 370 g/mol. The quantitative estimate of drug-likeness (QED) is 0.754. The molecule has 0 heterocycles. The summed E-state index contributed by atoms with van der Waals surface area (Å²) in [5, 5.41) is 20.1. The number of carboxylic acids is 1. The smallest absolute Gasteiger partial charge is 0.333 e. The van der Waals surface area contributed by atoms with Crippen molar-refractivity contribution < 1.29 is 19.7 Å². The van der Waals surface area contributed by atoms with Crippen molar-refractivity contribution in [2.45, 2.75) is 64.8 Å². The van der Waals surface area contributed by atoms with Crippen LogP contribution < -0.4 is 0 Å². The second-order valence-electron chi connectivity index (χ2n) is 8.24. The Labute approximate surface area is 161 Å². The Morgan fingerprint density at radius 1 is 1.04 bits per heavy atom. The van der Waals surface area contributed by atoms with Gasteiger partial charge < -0.3 is 14.9 Å². The molecule has 2 aromatic rings. The number of benzene rings is 2. The zero-order chi connectivity index (χ0) is 20.2. The third kappa shape index (κ3) is 5.91. The van der Waals surface area contributed by atoms with E-state index in [9.17, 15) is 15.0 Å². The minimum atomic E-state index is -0.979. The molecule has 0 radical (unpaired) electrons. The molecule has 2 N–H and O–H groups in total. The molecule has 27 heavy (non-hydrogen) atoms. The molecule has 2 aromatic carbocycles. The molecule has 0 aliphatic heterocycles. The van der Waals surface area contributed by atoms with Crippen LogP contribution in [0.3, 0.4) is 0 Å². The van der Waals surface area contributed by atoms with E-state index in [1.807, 2.05) is 62.4 Å². The van der Waals surface area contributed by atoms with Gasteiger partial charge >= 0.3 is 5.97 Å². The maximum Gasteiger partial charge on any atom is 0.333 e. The average molecular weight is 370 g/mol. The summed E-state index contributed by atoms with van der Waals surface area (Å²) in [6.07, 6.45) is -1.56. The lowest BCUT2D eigenvalue weighted by atomic mass is 9.86. The number of aliphatic hydroxyl groups is 1. The molecule has 0 fully saturated rings. The number of ether oxygens (including phenoxy) is 1. The van der Waals surface area contributed by atoms with E-state index in [2.05, 4.69) is 20.8 Å². The molecule has 0 saturated carbocycles. The summed E-state index contributed by atoms with van der Waals surface area (Å²) >= 11 is 0. The summed E-state index contributed by atoms with van der Waals surface area (Å²) in [5.41, 5.74) is 3.65. The minimum absolute atomic E-state index is 0.0612. The van der Waals surface area contributed by atoms with E-state index >= 15 is 0 Å². The largest absolute Gasteiger partial charge is 0.479 e. The summed E-state index contributed by atoms with van der Waals surface area (Å²) in [5.74, 6) is -0.979. The van der Waals surface area contributed by atoms with Crippen molar-refractivity contribution in [1.29, 1.82) is 0 Å². The van der Waals surface area contributed by atoms with E-state index in [-0.39, 0.29) is 17.9 Å². The molecule has 2 rings (SSSR count). The van der Waals surface area contributed by atoms with Gasteiger partial charge in [-0.3, -0.25) is 0 Å². The first kappa shape index (κ1) is 21.1. The number of rotatable bonds is 7. The second kappa shape index (κ2) is 8.68. The topological polar surface area (TPSA) is 66.8 Å². The third-order valence-corrected chi connectivity index (χ3v) is 4.49. The van der Waals surface area contributed by atoms with E-state index in [1.54, 1.807) is 0 Å².